The van der Waals surface area contributed by atoms with Gasteiger partial charge in [0.1, 0.15) is 17.1 Å². The Morgan fingerprint density at radius 2 is 1.76 bits per heavy atom. The average molecular weight is 441 g/mol. The standard InChI is InChI=1S/C25H23N5O3/c1-33-17-9-7-15(8-10-17)14-27-25-29-21(24(32)30-25)18-11-12-26-23(31)22-19(18)13-20(28-22)16-5-3-2-4-6-16/h2-10,13,28H,11-12,14H2,1H3,(H,26,31)(H2,27,29,30,32)/b21-18-. The minimum absolute atomic E-state index is 0.186. The van der Waals surface area contributed by atoms with Crippen molar-refractivity contribution in [1.29, 1.82) is 0 Å². The van der Waals surface area contributed by atoms with Crippen molar-refractivity contribution in [3.8, 4) is 17.0 Å². The van der Waals surface area contributed by atoms with Gasteiger partial charge in [0.2, 0.25) is 5.96 Å². The van der Waals surface area contributed by atoms with Crippen molar-refractivity contribution < 1.29 is 14.3 Å². The van der Waals surface area contributed by atoms with Gasteiger partial charge in [-0.2, -0.15) is 0 Å². The maximum atomic E-state index is 12.8. The highest BCUT2D eigenvalue weighted by Crippen LogP contribution is 2.32. The predicted octanol–water partition coefficient (Wildman–Crippen LogP) is 2.81. The van der Waals surface area contributed by atoms with Crippen molar-refractivity contribution in [3.05, 3.63) is 83.2 Å². The van der Waals surface area contributed by atoms with E-state index in [4.69, 9.17) is 4.74 Å². The van der Waals surface area contributed by atoms with Crippen molar-refractivity contribution in [1.82, 2.24) is 20.9 Å². The summed E-state index contributed by atoms with van der Waals surface area (Å²) in [6.07, 6.45) is 0.520. The first-order valence-electron chi connectivity index (χ1n) is 10.7. The van der Waals surface area contributed by atoms with E-state index in [0.717, 1.165) is 33.7 Å². The molecule has 0 bridgehead atoms. The van der Waals surface area contributed by atoms with Crippen molar-refractivity contribution in [2.75, 3.05) is 13.7 Å². The number of aliphatic imine (C=N–C) groups is 1. The lowest BCUT2D eigenvalue weighted by molar-refractivity contribution is -0.115. The van der Waals surface area contributed by atoms with Crippen molar-refractivity contribution in [2.24, 2.45) is 4.99 Å². The van der Waals surface area contributed by atoms with Crippen LogP contribution in [0.15, 0.2) is 71.4 Å². The third-order valence-electron chi connectivity index (χ3n) is 5.70. The van der Waals surface area contributed by atoms with Crippen LogP contribution in [0.4, 0.5) is 0 Å². The number of ether oxygens (including phenoxy) is 1. The van der Waals surface area contributed by atoms with Crippen LogP contribution >= 0.6 is 0 Å². The zero-order valence-corrected chi connectivity index (χ0v) is 18.1. The Morgan fingerprint density at radius 1 is 0.970 bits per heavy atom. The summed E-state index contributed by atoms with van der Waals surface area (Å²) in [5, 5.41) is 8.82. The fourth-order valence-corrected chi connectivity index (χ4v) is 4.00. The number of carbonyl (C=O) groups excluding carboxylic acids is 2. The molecular formula is C25H23N5O3. The summed E-state index contributed by atoms with van der Waals surface area (Å²) in [5.41, 5.74) is 5.14. The number of guanidine groups is 1. The van der Waals surface area contributed by atoms with Gasteiger partial charge in [0.25, 0.3) is 11.8 Å². The Balaban J connectivity index is 1.46. The van der Waals surface area contributed by atoms with Crippen LogP contribution in [0.25, 0.3) is 16.8 Å². The van der Waals surface area contributed by atoms with Gasteiger partial charge in [-0.05, 0) is 41.3 Å². The fourth-order valence-electron chi connectivity index (χ4n) is 4.00. The van der Waals surface area contributed by atoms with E-state index in [1.807, 2.05) is 60.7 Å². The number of amides is 2. The van der Waals surface area contributed by atoms with E-state index in [-0.39, 0.29) is 11.8 Å². The Morgan fingerprint density at radius 3 is 2.52 bits per heavy atom. The number of carbonyl (C=O) groups is 2. The first-order valence-corrected chi connectivity index (χ1v) is 10.7. The number of hydrogen-bond donors (Lipinski definition) is 4. The minimum atomic E-state index is -0.263. The highest BCUT2D eigenvalue weighted by atomic mass is 16.5. The zero-order valence-electron chi connectivity index (χ0n) is 18.1. The molecule has 0 spiro atoms. The summed E-state index contributed by atoms with van der Waals surface area (Å²) >= 11 is 0. The molecule has 1 fully saturated rings. The number of nitrogens with zero attached hydrogens (tertiary/aromatic N) is 1. The number of rotatable bonds is 4. The smallest absolute Gasteiger partial charge is 0.274 e. The minimum Gasteiger partial charge on any atom is -0.497 e. The molecule has 33 heavy (non-hydrogen) atoms. The summed E-state index contributed by atoms with van der Waals surface area (Å²) in [7, 11) is 1.62. The molecule has 0 aliphatic carbocycles. The first-order chi connectivity index (χ1) is 16.1. The van der Waals surface area contributed by atoms with Gasteiger partial charge in [-0.1, -0.05) is 42.5 Å². The monoisotopic (exact) mass is 441 g/mol. The van der Waals surface area contributed by atoms with E-state index >= 15 is 0 Å². The van der Waals surface area contributed by atoms with Crippen LogP contribution in [0.1, 0.15) is 28.0 Å². The van der Waals surface area contributed by atoms with E-state index in [9.17, 15) is 9.59 Å². The average Bonchev–Trinajstić information content (AvgIpc) is 3.42. The number of benzene rings is 2. The number of H-pyrrole nitrogens is 1. The van der Waals surface area contributed by atoms with E-state index in [1.54, 1.807) is 7.11 Å². The number of fused-ring (bicyclic) bond motifs is 1. The molecule has 8 heteroatoms. The zero-order chi connectivity index (χ0) is 22.8. The lowest BCUT2D eigenvalue weighted by Gasteiger charge is -2.07. The van der Waals surface area contributed by atoms with E-state index in [0.29, 0.717) is 36.9 Å². The molecule has 0 atom stereocenters. The SMILES string of the molecule is COc1ccc(CN=C2NC(=O)/C(=C3\CCNC(=O)c4[nH]c(-c5ccccc5)cc43)N2)cc1. The molecule has 5 rings (SSSR count). The third kappa shape index (κ3) is 4.10. The van der Waals surface area contributed by atoms with Gasteiger partial charge in [-0.25, -0.2) is 4.99 Å². The van der Waals surface area contributed by atoms with Crippen molar-refractivity contribution in [3.63, 3.8) is 0 Å². The predicted molar refractivity (Wildman–Crippen MR) is 126 cm³/mol. The van der Waals surface area contributed by atoms with Gasteiger partial charge in [-0.15, -0.1) is 0 Å². The van der Waals surface area contributed by atoms with E-state index in [2.05, 4.69) is 25.9 Å². The summed E-state index contributed by atoms with van der Waals surface area (Å²) in [5.74, 6) is 0.720. The summed E-state index contributed by atoms with van der Waals surface area (Å²) in [6.45, 7) is 0.844. The Labute approximate surface area is 190 Å². The van der Waals surface area contributed by atoms with Gasteiger partial charge < -0.3 is 20.4 Å². The highest BCUT2D eigenvalue weighted by Gasteiger charge is 2.30. The molecule has 166 valence electrons. The molecule has 1 aromatic heterocycles. The molecule has 0 saturated carbocycles. The maximum absolute atomic E-state index is 12.8. The molecular weight excluding hydrogens is 418 g/mol. The molecule has 2 amide bonds. The van der Waals surface area contributed by atoms with Crippen LogP contribution < -0.4 is 20.7 Å². The Bertz CT molecular complexity index is 1270. The molecule has 2 aliphatic rings. The number of aromatic amines is 1. The van der Waals surface area contributed by atoms with Gasteiger partial charge in [0.05, 0.1) is 13.7 Å². The molecule has 1 saturated heterocycles. The quantitative estimate of drug-likeness (QED) is 0.467. The van der Waals surface area contributed by atoms with Gasteiger partial charge in [-0.3, -0.25) is 14.9 Å². The summed E-state index contributed by atoms with van der Waals surface area (Å²) in [4.78, 5) is 33.2. The van der Waals surface area contributed by atoms with Crippen molar-refractivity contribution >= 4 is 23.3 Å². The Hall–Kier alpha value is -4.33. The van der Waals surface area contributed by atoms with Crippen LogP contribution in [0.2, 0.25) is 0 Å². The lowest BCUT2D eigenvalue weighted by atomic mass is 10.0. The van der Waals surface area contributed by atoms with Gasteiger partial charge in [0, 0.05) is 17.8 Å². The normalized spacial score (nSPS) is 18.9. The summed E-state index contributed by atoms with van der Waals surface area (Å²) in [6, 6.07) is 19.3. The lowest BCUT2D eigenvalue weighted by Crippen LogP contribution is -2.25. The van der Waals surface area contributed by atoms with Crippen LogP contribution in [0.3, 0.4) is 0 Å². The second-order valence-corrected chi connectivity index (χ2v) is 7.79. The second kappa shape index (κ2) is 8.66. The number of hydrogen-bond acceptors (Lipinski definition) is 4. The maximum Gasteiger partial charge on any atom is 0.274 e. The van der Waals surface area contributed by atoms with Gasteiger partial charge >= 0.3 is 0 Å². The fraction of sp³-hybridized carbons (Fsp3) is 0.160. The first kappa shape index (κ1) is 20.6. The number of nitrogens with one attached hydrogen (secondary N) is 4. The molecule has 3 heterocycles. The summed E-state index contributed by atoms with van der Waals surface area (Å²) < 4.78 is 5.18. The molecule has 2 aromatic carbocycles. The van der Waals surface area contributed by atoms with E-state index in [1.165, 1.54) is 0 Å². The molecule has 0 unspecified atom stereocenters. The van der Waals surface area contributed by atoms with Crippen molar-refractivity contribution in [2.45, 2.75) is 13.0 Å². The molecule has 3 aromatic rings. The topological polar surface area (TPSA) is 108 Å². The number of aromatic nitrogens is 1. The van der Waals surface area contributed by atoms with Gasteiger partial charge in [0.15, 0.2) is 0 Å². The second-order valence-electron chi connectivity index (χ2n) is 7.79. The third-order valence-corrected chi connectivity index (χ3v) is 5.70. The molecule has 8 nitrogen and oxygen atoms in total. The largest absolute Gasteiger partial charge is 0.497 e. The Kier molecular flexibility index (Phi) is 5.40. The molecule has 0 radical (unpaired) electrons. The van der Waals surface area contributed by atoms with Crippen LogP contribution in [0.5, 0.6) is 5.75 Å². The van der Waals surface area contributed by atoms with E-state index < -0.39 is 0 Å². The van der Waals surface area contributed by atoms with Crippen LogP contribution in [0, 0.1) is 0 Å². The highest BCUT2D eigenvalue weighted by molar-refractivity contribution is 6.18. The molecule has 4 N–H and O–H groups in total. The molecule has 2 aliphatic heterocycles. The number of methoxy groups -OCH3 is 1. The van der Waals surface area contributed by atoms with Crippen LogP contribution in [-0.2, 0) is 11.3 Å². The van der Waals surface area contributed by atoms with Crippen LogP contribution in [-0.4, -0.2) is 36.4 Å².